The molecule has 8 rings (SSSR count). The van der Waals surface area contributed by atoms with Gasteiger partial charge in [-0.25, -0.2) is 0 Å². The van der Waals surface area contributed by atoms with Crippen molar-refractivity contribution in [2.45, 2.75) is 104 Å². The molecule has 5 nitrogen and oxygen atoms in total. The van der Waals surface area contributed by atoms with Crippen LogP contribution in [0.1, 0.15) is 102 Å². The summed E-state index contributed by atoms with van der Waals surface area (Å²) in [5.74, 6) is 5.48. The quantitative estimate of drug-likeness (QED) is 0.349. The Morgan fingerprint density at radius 2 is 1.54 bits per heavy atom. The lowest BCUT2D eigenvalue weighted by atomic mass is 9.44. The normalized spacial score (nSPS) is 41.2. The molecule has 10 atom stereocenters. The van der Waals surface area contributed by atoms with E-state index in [9.17, 15) is 9.59 Å². The average molecular weight is 624 g/mol. The van der Waals surface area contributed by atoms with Crippen molar-refractivity contribution in [2.75, 3.05) is 32.7 Å². The van der Waals surface area contributed by atoms with Gasteiger partial charge in [-0.2, -0.15) is 0 Å². The molecule has 4 aliphatic carbocycles. The van der Waals surface area contributed by atoms with E-state index in [2.05, 4.69) is 49.6 Å². The number of piperazine rings is 1. The molecular weight excluding hydrogens is 566 g/mol. The van der Waals surface area contributed by atoms with Crippen molar-refractivity contribution in [1.29, 1.82) is 0 Å². The van der Waals surface area contributed by atoms with Gasteiger partial charge in [0.1, 0.15) is 6.04 Å². The van der Waals surface area contributed by atoms with Gasteiger partial charge < -0.3 is 9.80 Å². The van der Waals surface area contributed by atoms with Crippen LogP contribution in [-0.2, 0) is 4.79 Å². The summed E-state index contributed by atoms with van der Waals surface area (Å²) in [7, 11) is 0. The number of amides is 2. The van der Waals surface area contributed by atoms with Gasteiger partial charge in [-0.15, -0.1) is 0 Å². The third kappa shape index (κ3) is 4.88. The fourth-order valence-electron chi connectivity index (χ4n) is 12.5. The monoisotopic (exact) mass is 623 g/mol. The Morgan fingerprint density at radius 3 is 2.35 bits per heavy atom. The van der Waals surface area contributed by atoms with E-state index >= 15 is 0 Å². The minimum atomic E-state index is -0.326. The molecule has 2 aromatic rings. The number of nitrogens with zero attached hydrogens (tertiary/aromatic N) is 3. The summed E-state index contributed by atoms with van der Waals surface area (Å²) in [4.78, 5) is 34.4. The Labute approximate surface area is 277 Å². The highest BCUT2D eigenvalue weighted by Crippen LogP contribution is 2.67. The number of rotatable bonds is 3. The Bertz CT molecular complexity index is 1480. The van der Waals surface area contributed by atoms with Gasteiger partial charge in [0.15, 0.2) is 0 Å². The predicted molar refractivity (Wildman–Crippen MR) is 185 cm³/mol. The van der Waals surface area contributed by atoms with E-state index in [1.165, 1.54) is 51.4 Å². The van der Waals surface area contributed by atoms with Crippen LogP contribution in [0.5, 0.6) is 0 Å². The number of benzene rings is 2. The van der Waals surface area contributed by atoms with E-state index in [-0.39, 0.29) is 17.9 Å². The molecule has 2 aliphatic heterocycles. The van der Waals surface area contributed by atoms with Gasteiger partial charge in [0.2, 0.25) is 5.91 Å². The first kappa shape index (κ1) is 30.9. The van der Waals surface area contributed by atoms with Crippen LogP contribution in [0.25, 0.3) is 10.8 Å². The first-order valence-corrected chi connectivity index (χ1v) is 19.0. The SMILES string of the molecule is CC1CC2CCC3C4CCC(C)C4(C)CCC3C2(C)CC1N1CCN(C(=O)C2CCCN2C(=O)c2ccc3ccccc3c2)CC1. The van der Waals surface area contributed by atoms with Crippen molar-refractivity contribution >= 4 is 22.6 Å². The third-order valence-electron chi connectivity index (χ3n) is 15.4. The van der Waals surface area contributed by atoms with Gasteiger partial charge in [-0.1, -0.05) is 58.0 Å². The summed E-state index contributed by atoms with van der Waals surface area (Å²) in [6.07, 6.45) is 13.2. The molecule has 6 aliphatic rings. The summed E-state index contributed by atoms with van der Waals surface area (Å²) < 4.78 is 0. The zero-order valence-corrected chi connectivity index (χ0v) is 28.9. The summed E-state index contributed by atoms with van der Waals surface area (Å²) in [6.45, 7) is 14.6. The fraction of sp³-hybridized carbons (Fsp3) is 0.707. The van der Waals surface area contributed by atoms with Crippen molar-refractivity contribution in [2.24, 2.45) is 46.3 Å². The molecule has 6 fully saturated rings. The van der Waals surface area contributed by atoms with Crippen LogP contribution in [-0.4, -0.2) is 71.3 Å². The van der Waals surface area contributed by atoms with Crippen molar-refractivity contribution in [1.82, 2.24) is 14.7 Å². The van der Waals surface area contributed by atoms with Gasteiger partial charge >= 0.3 is 0 Å². The lowest BCUT2D eigenvalue weighted by Gasteiger charge is -2.63. The maximum atomic E-state index is 14.0. The molecule has 5 heteroatoms. The van der Waals surface area contributed by atoms with Crippen LogP contribution in [0.15, 0.2) is 42.5 Å². The molecule has 10 unspecified atom stereocenters. The second-order valence-electron chi connectivity index (χ2n) is 17.2. The van der Waals surface area contributed by atoms with E-state index in [0.717, 1.165) is 85.3 Å². The van der Waals surface area contributed by atoms with Crippen LogP contribution >= 0.6 is 0 Å². The van der Waals surface area contributed by atoms with E-state index < -0.39 is 0 Å². The highest BCUT2D eigenvalue weighted by atomic mass is 16.2. The van der Waals surface area contributed by atoms with Crippen LogP contribution in [0, 0.1) is 46.3 Å². The van der Waals surface area contributed by atoms with E-state index in [1.807, 2.05) is 35.2 Å². The highest BCUT2D eigenvalue weighted by Gasteiger charge is 2.60. The van der Waals surface area contributed by atoms with Crippen molar-refractivity contribution in [3.63, 3.8) is 0 Å². The number of fused-ring (bicyclic) bond motifs is 6. The predicted octanol–water partition coefficient (Wildman–Crippen LogP) is 7.88. The number of carbonyl (C=O) groups is 2. The Kier molecular flexibility index (Phi) is 7.82. The lowest BCUT2D eigenvalue weighted by Crippen LogP contribution is -2.61. The molecule has 2 aromatic carbocycles. The maximum absolute atomic E-state index is 14.0. The molecule has 2 heterocycles. The van der Waals surface area contributed by atoms with Crippen LogP contribution in [0.3, 0.4) is 0 Å². The summed E-state index contributed by atoms with van der Waals surface area (Å²) in [5.41, 5.74) is 1.74. The first-order chi connectivity index (χ1) is 22.2. The van der Waals surface area contributed by atoms with Gasteiger partial charge in [0.25, 0.3) is 5.91 Å². The molecule has 46 heavy (non-hydrogen) atoms. The average Bonchev–Trinajstić information content (AvgIpc) is 3.68. The van der Waals surface area contributed by atoms with Gasteiger partial charge in [0.05, 0.1) is 0 Å². The molecule has 248 valence electrons. The van der Waals surface area contributed by atoms with E-state index in [4.69, 9.17) is 0 Å². The largest absolute Gasteiger partial charge is 0.338 e. The number of likely N-dealkylation sites (tertiary alicyclic amines) is 1. The Balaban J connectivity index is 0.922. The number of carbonyl (C=O) groups excluding carboxylic acids is 2. The highest BCUT2D eigenvalue weighted by molar-refractivity contribution is 6.01. The summed E-state index contributed by atoms with van der Waals surface area (Å²) in [6, 6.07) is 14.4. The van der Waals surface area contributed by atoms with Crippen molar-refractivity contribution in [3.8, 4) is 0 Å². The zero-order valence-electron chi connectivity index (χ0n) is 28.9. The van der Waals surface area contributed by atoms with Crippen LogP contribution in [0.4, 0.5) is 0 Å². The molecule has 0 spiro atoms. The standard InChI is InChI=1S/C41H57N3O2/c1-27-24-32-14-15-33-34-16-11-28(2)40(34,3)18-17-35(33)41(32,4)26-37(27)42-20-22-43(23-21-42)39(46)36-10-7-19-44(36)38(45)31-13-12-29-8-5-6-9-30(29)25-31/h5-6,8-9,12-13,25,27-28,32-37H,7,10-11,14-24,26H2,1-4H3. The minimum Gasteiger partial charge on any atom is -0.338 e. The molecule has 4 saturated carbocycles. The molecule has 2 amide bonds. The van der Waals surface area contributed by atoms with Crippen LogP contribution < -0.4 is 0 Å². The molecular formula is C41H57N3O2. The second kappa shape index (κ2) is 11.6. The molecule has 0 radical (unpaired) electrons. The number of hydrogen-bond donors (Lipinski definition) is 0. The smallest absolute Gasteiger partial charge is 0.254 e. The first-order valence-electron chi connectivity index (χ1n) is 19.0. The maximum Gasteiger partial charge on any atom is 0.254 e. The summed E-state index contributed by atoms with van der Waals surface area (Å²) >= 11 is 0. The molecule has 0 N–H and O–H groups in total. The third-order valence-corrected chi connectivity index (χ3v) is 15.4. The molecule has 0 aromatic heterocycles. The van der Waals surface area contributed by atoms with Gasteiger partial charge in [-0.05, 0) is 133 Å². The van der Waals surface area contributed by atoms with E-state index in [1.54, 1.807) is 0 Å². The topological polar surface area (TPSA) is 43.9 Å². The van der Waals surface area contributed by atoms with Gasteiger partial charge in [0, 0.05) is 44.3 Å². The summed E-state index contributed by atoms with van der Waals surface area (Å²) in [5, 5.41) is 2.21. The lowest BCUT2D eigenvalue weighted by molar-refractivity contribution is -0.143. The van der Waals surface area contributed by atoms with Crippen molar-refractivity contribution < 1.29 is 9.59 Å². The number of hydrogen-bond acceptors (Lipinski definition) is 3. The molecule has 2 saturated heterocycles. The van der Waals surface area contributed by atoms with Crippen molar-refractivity contribution in [3.05, 3.63) is 48.0 Å². The van der Waals surface area contributed by atoms with Gasteiger partial charge in [-0.3, -0.25) is 14.5 Å². The Hall–Kier alpha value is -2.40. The fourth-order valence-corrected chi connectivity index (χ4v) is 12.5. The van der Waals surface area contributed by atoms with E-state index in [0.29, 0.717) is 29.0 Å². The van der Waals surface area contributed by atoms with Crippen LogP contribution in [0.2, 0.25) is 0 Å². The second-order valence-corrected chi connectivity index (χ2v) is 17.2. The zero-order chi connectivity index (χ0) is 31.8. The minimum absolute atomic E-state index is 0.0000536. The molecule has 0 bridgehead atoms. The Morgan fingerprint density at radius 1 is 0.783 bits per heavy atom.